The molecule has 1 aromatic carbocycles. The summed E-state index contributed by atoms with van der Waals surface area (Å²) in [4.78, 5) is 16.1. The molecule has 5 nitrogen and oxygen atoms in total. The van der Waals surface area contributed by atoms with Gasteiger partial charge in [-0.3, -0.25) is 4.98 Å². The summed E-state index contributed by atoms with van der Waals surface area (Å²) in [7, 11) is 1.31. The molecule has 2 aromatic rings. The van der Waals surface area contributed by atoms with Crippen LogP contribution in [0, 0.1) is 0 Å². The van der Waals surface area contributed by atoms with Crippen molar-refractivity contribution in [2.24, 2.45) is 0 Å². The first kappa shape index (κ1) is 15.1. The number of ether oxygens (including phenoxy) is 1. The van der Waals surface area contributed by atoms with Crippen molar-refractivity contribution in [3.63, 3.8) is 0 Å². The highest BCUT2D eigenvalue weighted by Crippen LogP contribution is 2.32. The first-order chi connectivity index (χ1) is 10.0. The predicted octanol–water partition coefficient (Wildman–Crippen LogP) is 3.28. The zero-order valence-electron chi connectivity index (χ0n) is 11.8. The summed E-state index contributed by atoms with van der Waals surface area (Å²) in [6.07, 6.45) is 1.71. The van der Waals surface area contributed by atoms with Crippen LogP contribution in [0.2, 0.25) is 5.02 Å². The van der Waals surface area contributed by atoms with Crippen molar-refractivity contribution in [3.8, 4) is 0 Å². The molecule has 0 radical (unpaired) electrons. The molecule has 0 spiro atoms. The number of nitrogens with two attached hydrogens (primary N) is 1. The molecular weight excluding hydrogens is 290 g/mol. The Hall–Kier alpha value is -2.27. The molecule has 1 aromatic heterocycles. The van der Waals surface area contributed by atoms with E-state index in [9.17, 15) is 4.79 Å². The Morgan fingerprint density at radius 1 is 1.43 bits per heavy atom. The molecule has 1 atom stereocenters. The van der Waals surface area contributed by atoms with Gasteiger partial charge in [0.2, 0.25) is 0 Å². The van der Waals surface area contributed by atoms with Crippen molar-refractivity contribution >= 4 is 28.9 Å². The van der Waals surface area contributed by atoms with Gasteiger partial charge in [-0.1, -0.05) is 17.7 Å². The van der Waals surface area contributed by atoms with Crippen LogP contribution >= 0.6 is 11.6 Å². The van der Waals surface area contributed by atoms with E-state index in [1.165, 1.54) is 13.2 Å². The molecule has 6 heteroatoms. The van der Waals surface area contributed by atoms with E-state index < -0.39 is 5.97 Å². The van der Waals surface area contributed by atoms with Gasteiger partial charge in [-0.25, -0.2) is 4.79 Å². The smallest absolute Gasteiger partial charge is 0.340 e. The first-order valence-electron chi connectivity index (χ1n) is 6.37. The predicted molar refractivity (Wildman–Crippen MR) is 83.5 cm³/mol. The average molecular weight is 306 g/mol. The number of nitrogens with zero attached hydrogens (tertiary/aromatic N) is 1. The summed E-state index contributed by atoms with van der Waals surface area (Å²) in [5.74, 6) is -0.500. The van der Waals surface area contributed by atoms with Crippen LogP contribution in [-0.2, 0) is 4.74 Å². The number of nitrogens with one attached hydrogen (secondary N) is 1. The second-order valence-electron chi connectivity index (χ2n) is 4.54. The monoisotopic (exact) mass is 305 g/mol. The van der Waals surface area contributed by atoms with E-state index in [1.807, 2.05) is 25.1 Å². The SMILES string of the molecule is COC(=O)c1cc(N)cc(Cl)c1NC(C)c1ccccn1. The lowest BCUT2D eigenvalue weighted by Crippen LogP contribution is -2.13. The number of methoxy groups -OCH3 is 1. The van der Waals surface area contributed by atoms with Gasteiger partial charge in [0.15, 0.2) is 0 Å². The third-order valence-corrected chi connectivity index (χ3v) is 3.31. The molecule has 0 amide bonds. The quantitative estimate of drug-likeness (QED) is 0.669. The number of carbonyl (C=O) groups is 1. The minimum Gasteiger partial charge on any atom is -0.465 e. The molecule has 0 aliphatic carbocycles. The van der Waals surface area contributed by atoms with Gasteiger partial charge in [0, 0.05) is 11.9 Å². The van der Waals surface area contributed by atoms with Crippen LogP contribution in [0.3, 0.4) is 0 Å². The molecule has 0 bridgehead atoms. The van der Waals surface area contributed by atoms with E-state index in [2.05, 4.69) is 10.3 Å². The highest BCUT2D eigenvalue weighted by atomic mass is 35.5. The lowest BCUT2D eigenvalue weighted by atomic mass is 10.1. The largest absolute Gasteiger partial charge is 0.465 e. The van der Waals surface area contributed by atoms with E-state index in [1.54, 1.807) is 12.3 Å². The maximum absolute atomic E-state index is 11.9. The normalized spacial score (nSPS) is 11.8. The number of esters is 1. The summed E-state index contributed by atoms with van der Waals surface area (Å²) >= 11 is 6.20. The van der Waals surface area contributed by atoms with Gasteiger partial charge in [-0.2, -0.15) is 0 Å². The Morgan fingerprint density at radius 3 is 2.81 bits per heavy atom. The summed E-state index contributed by atoms with van der Waals surface area (Å²) in [6.45, 7) is 1.93. The fourth-order valence-electron chi connectivity index (χ4n) is 1.97. The number of carbonyl (C=O) groups excluding carboxylic acids is 1. The molecule has 0 saturated heterocycles. The molecule has 21 heavy (non-hydrogen) atoms. The van der Waals surface area contributed by atoms with Crippen molar-refractivity contribution < 1.29 is 9.53 Å². The van der Waals surface area contributed by atoms with Crippen molar-refractivity contribution in [2.75, 3.05) is 18.2 Å². The van der Waals surface area contributed by atoms with E-state index in [-0.39, 0.29) is 6.04 Å². The van der Waals surface area contributed by atoms with Crippen LogP contribution < -0.4 is 11.1 Å². The zero-order valence-corrected chi connectivity index (χ0v) is 12.5. The minimum absolute atomic E-state index is 0.129. The molecule has 0 saturated carbocycles. The number of nitrogen functional groups attached to an aromatic ring is 1. The van der Waals surface area contributed by atoms with E-state index >= 15 is 0 Å². The Bertz CT molecular complexity index is 647. The van der Waals surface area contributed by atoms with Crippen LogP contribution in [0.1, 0.15) is 29.0 Å². The molecule has 1 heterocycles. The average Bonchev–Trinajstić information content (AvgIpc) is 2.49. The number of anilines is 2. The highest BCUT2D eigenvalue weighted by molar-refractivity contribution is 6.34. The molecule has 0 aliphatic rings. The molecule has 0 fully saturated rings. The number of rotatable bonds is 4. The topological polar surface area (TPSA) is 77.2 Å². The van der Waals surface area contributed by atoms with Gasteiger partial charge >= 0.3 is 5.97 Å². The summed E-state index contributed by atoms with van der Waals surface area (Å²) < 4.78 is 4.77. The molecular formula is C15H16ClN3O2. The summed E-state index contributed by atoms with van der Waals surface area (Å²) in [5, 5.41) is 3.55. The number of hydrogen-bond acceptors (Lipinski definition) is 5. The first-order valence-corrected chi connectivity index (χ1v) is 6.75. The Morgan fingerprint density at radius 2 is 2.19 bits per heavy atom. The molecule has 0 aliphatic heterocycles. The van der Waals surface area contributed by atoms with E-state index in [0.717, 1.165) is 5.69 Å². The summed E-state index contributed by atoms with van der Waals surface area (Å²) in [6, 6.07) is 8.61. The zero-order chi connectivity index (χ0) is 15.4. The lowest BCUT2D eigenvalue weighted by Gasteiger charge is -2.18. The van der Waals surface area contributed by atoms with Crippen molar-refractivity contribution in [3.05, 3.63) is 52.8 Å². The van der Waals surface area contributed by atoms with Crippen LogP contribution in [0.5, 0.6) is 0 Å². The van der Waals surface area contributed by atoms with Gasteiger partial charge in [0.05, 0.1) is 35.1 Å². The molecule has 110 valence electrons. The Labute approximate surface area is 128 Å². The molecule has 3 N–H and O–H groups in total. The summed E-state index contributed by atoms with van der Waals surface area (Å²) in [5.41, 5.74) is 7.74. The van der Waals surface area contributed by atoms with Gasteiger partial charge in [0.25, 0.3) is 0 Å². The number of aromatic nitrogens is 1. The lowest BCUT2D eigenvalue weighted by molar-refractivity contribution is 0.0602. The van der Waals surface area contributed by atoms with Gasteiger partial charge in [-0.05, 0) is 31.2 Å². The molecule has 1 unspecified atom stereocenters. The van der Waals surface area contributed by atoms with Crippen molar-refractivity contribution in [1.82, 2.24) is 4.98 Å². The van der Waals surface area contributed by atoms with Crippen LogP contribution in [0.4, 0.5) is 11.4 Å². The van der Waals surface area contributed by atoms with Gasteiger partial charge in [0.1, 0.15) is 0 Å². The van der Waals surface area contributed by atoms with E-state index in [4.69, 9.17) is 22.1 Å². The Balaban J connectivity index is 2.37. The Kier molecular flexibility index (Phi) is 4.65. The highest BCUT2D eigenvalue weighted by Gasteiger charge is 2.18. The third kappa shape index (κ3) is 3.44. The van der Waals surface area contributed by atoms with Crippen LogP contribution in [0.25, 0.3) is 0 Å². The van der Waals surface area contributed by atoms with Gasteiger partial charge in [-0.15, -0.1) is 0 Å². The molecule has 2 rings (SSSR count). The third-order valence-electron chi connectivity index (χ3n) is 3.01. The van der Waals surface area contributed by atoms with Crippen LogP contribution in [-0.4, -0.2) is 18.1 Å². The number of pyridine rings is 1. The maximum Gasteiger partial charge on any atom is 0.340 e. The van der Waals surface area contributed by atoms with E-state index in [0.29, 0.717) is 22.0 Å². The van der Waals surface area contributed by atoms with Crippen molar-refractivity contribution in [2.45, 2.75) is 13.0 Å². The second-order valence-corrected chi connectivity index (χ2v) is 4.94. The fourth-order valence-corrected chi connectivity index (χ4v) is 2.25. The van der Waals surface area contributed by atoms with Crippen LogP contribution in [0.15, 0.2) is 36.5 Å². The standard InChI is InChI=1S/C15H16ClN3O2/c1-9(13-5-3-4-6-18-13)19-14-11(15(20)21-2)7-10(17)8-12(14)16/h3-9,19H,17H2,1-2H3. The second kappa shape index (κ2) is 6.45. The maximum atomic E-state index is 11.9. The fraction of sp³-hybridized carbons (Fsp3) is 0.200. The minimum atomic E-state index is -0.500. The number of hydrogen-bond donors (Lipinski definition) is 2. The van der Waals surface area contributed by atoms with Crippen molar-refractivity contribution in [1.29, 1.82) is 0 Å². The number of halogens is 1. The van der Waals surface area contributed by atoms with Gasteiger partial charge < -0.3 is 15.8 Å². The number of benzene rings is 1.